The summed E-state index contributed by atoms with van der Waals surface area (Å²) >= 11 is 0. The standard InChI is InChI=1S/C13H23N3O/c1-15-10-4-5-11(15)9-16(8-6-10)13(17)12-3-2-7-14-12/h10-12,14H,2-9H2,1H3/t10?,11?,12-/m0/s1. The first-order chi connectivity index (χ1) is 8.25. The number of likely N-dealkylation sites (N-methyl/N-ethyl adjacent to an activating group) is 1. The molecule has 3 saturated heterocycles. The van der Waals surface area contributed by atoms with Gasteiger partial charge in [-0.05, 0) is 45.7 Å². The number of likely N-dealkylation sites (tertiary alicyclic amines) is 1. The maximum absolute atomic E-state index is 12.4. The first kappa shape index (κ1) is 11.5. The number of amides is 1. The summed E-state index contributed by atoms with van der Waals surface area (Å²) in [5.74, 6) is 0.350. The second-order valence-electron chi connectivity index (χ2n) is 5.77. The van der Waals surface area contributed by atoms with Gasteiger partial charge < -0.3 is 10.2 Å². The Morgan fingerprint density at radius 3 is 2.76 bits per heavy atom. The molecule has 0 radical (unpaired) electrons. The van der Waals surface area contributed by atoms with Crippen LogP contribution in [0.2, 0.25) is 0 Å². The van der Waals surface area contributed by atoms with E-state index in [1.54, 1.807) is 0 Å². The van der Waals surface area contributed by atoms with E-state index < -0.39 is 0 Å². The van der Waals surface area contributed by atoms with Crippen molar-refractivity contribution in [3.05, 3.63) is 0 Å². The molecule has 0 aromatic carbocycles. The molecule has 0 aromatic rings. The molecule has 96 valence electrons. The molecule has 0 spiro atoms. The molecular weight excluding hydrogens is 214 g/mol. The van der Waals surface area contributed by atoms with Crippen LogP contribution in [0.4, 0.5) is 0 Å². The molecule has 3 rings (SSSR count). The molecule has 2 unspecified atom stereocenters. The van der Waals surface area contributed by atoms with Crippen LogP contribution >= 0.6 is 0 Å². The monoisotopic (exact) mass is 237 g/mol. The lowest BCUT2D eigenvalue weighted by molar-refractivity contribution is -0.133. The van der Waals surface area contributed by atoms with Gasteiger partial charge >= 0.3 is 0 Å². The van der Waals surface area contributed by atoms with Gasteiger partial charge in [0.05, 0.1) is 6.04 Å². The Morgan fingerprint density at radius 2 is 2.00 bits per heavy atom. The van der Waals surface area contributed by atoms with E-state index in [1.807, 2.05) is 0 Å². The molecule has 0 aliphatic carbocycles. The van der Waals surface area contributed by atoms with Crippen molar-refractivity contribution in [3.8, 4) is 0 Å². The highest BCUT2D eigenvalue weighted by atomic mass is 16.2. The second kappa shape index (κ2) is 4.58. The van der Waals surface area contributed by atoms with Gasteiger partial charge in [-0.1, -0.05) is 0 Å². The maximum atomic E-state index is 12.4. The fourth-order valence-corrected chi connectivity index (χ4v) is 3.62. The molecule has 3 fully saturated rings. The SMILES string of the molecule is CN1C2CCC1CN(C(=O)[C@@H]1CCCN1)CC2. The Morgan fingerprint density at radius 1 is 1.18 bits per heavy atom. The van der Waals surface area contributed by atoms with Crippen molar-refractivity contribution in [1.29, 1.82) is 0 Å². The minimum Gasteiger partial charge on any atom is -0.340 e. The molecule has 2 bridgehead atoms. The first-order valence-electron chi connectivity index (χ1n) is 7.00. The molecule has 0 aromatic heterocycles. The predicted octanol–water partition coefficient (Wildman–Crippen LogP) is 0.433. The van der Waals surface area contributed by atoms with Crippen LogP contribution in [-0.4, -0.2) is 60.5 Å². The van der Waals surface area contributed by atoms with Crippen molar-refractivity contribution >= 4 is 5.91 Å². The van der Waals surface area contributed by atoms with Crippen LogP contribution in [0.1, 0.15) is 32.1 Å². The zero-order valence-electron chi connectivity index (χ0n) is 10.7. The van der Waals surface area contributed by atoms with Gasteiger partial charge in [0.25, 0.3) is 0 Å². The fraction of sp³-hybridized carbons (Fsp3) is 0.923. The van der Waals surface area contributed by atoms with Gasteiger partial charge in [-0.25, -0.2) is 0 Å². The average molecular weight is 237 g/mol. The van der Waals surface area contributed by atoms with E-state index in [0.29, 0.717) is 18.0 Å². The number of carbonyl (C=O) groups excluding carboxylic acids is 1. The van der Waals surface area contributed by atoms with Crippen LogP contribution in [-0.2, 0) is 4.79 Å². The van der Waals surface area contributed by atoms with Crippen molar-refractivity contribution in [2.75, 3.05) is 26.7 Å². The van der Waals surface area contributed by atoms with Gasteiger partial charge in [0.2, 0.25) is 5.91 Å². The summed E-state index contributed by atoms with van der Waals surface area (Å²) in [6, 6.07) is 1.43. The van der Waals surface area contributed by atoms with E-state index >= 15 is 0 Å². The summed E-state index contributed by atoms with van der Waals surface area (Å²) in [7, 11) is 2.23. The molecular formula is C13H23N3O. The molecule has 1 amide bonds. The van der Waals surface area contributed by atoms with Gasteiger partial charge in [0.1, 0.15) is 0 Å². The van der Waals surface area contributed by atoms with Gasteiger partial charge in [-0.2, -0.15) is 0 Å². The third kappa shape index (κ3) is 2.08. The maximum Gasteiger partial charge on any atom is 0.239 e. The summed E-state index contributed by atoms with van der Waals surface area (Å²) in [6.45, 7) is 2.92. The number of hydrogen-bond donors (Lipinski definition) is 1. The van der Waals surface area contributed by atoms with E-state index in [2.05, 4.69) is 22.2 Å². The molecule has 1 N–H and O–H groups in total. The summed E-state index contributed by atoms with van der Waals surface area (Å²) in [5, 5.41) is 3.32. The van der Waals surface area contributed by atoms with Crippen LogP contribution in [0.3, 0.4) is 0 Å². The smallest absolute Gasteiger partial charge is 0.239 e. The Hall–Kier alpha value is -0.610. The van der Waals surface area contributed by atoms with Gasteiger partial charge in [0, 0.05) is 25.2 Å². The van der Waals surface area contributed by atoms with Gasteiger partial charge in [0.15, 0.2) is 0 Å². The zero-order valence-corrected chi connectivity index (χ0v) is 10.7. The highest BCUT2D eigenvalue weighted by Crippen LogP contribution is 2.28. The quantitative estimate of drug-likeness (QED) is 0.718. The Kier molecular flexibility index (Phi) is 3.09. The highest BCUT2D eigenvalue weighted by molar-refractivity contribution is 5.82. The summed E-state index contributed by atoms with van der Waals surface area (Å²) < 4.78 is 0. The molecule has 4 heteroatoms. The van der Waals surface area contributed by atoms with Gasteiger partial charge in [-0.3, -0.25) is 9.69 Å². The Labute approximate surface area is 103 Å². The molecule has 3 heterocycles. The molecule has 4 nitrogen and oxygen atoms in total. The first-order valence-corrected chi connectivity index (χ1v) is 7.00. The van der Waals surface area contributed by atoms with Crippen LogP contribution < -0.4 is 5.32 Å². The van der Waals surface area contributed by atoms with Crippen LogP contribution in [0.25, 0.3) is 0 Å². The molecule has 3 aliphatic heterocycles. The van der Waals surface area contributed by atoms with E-state index in [0.717, 1.165) is 38.9 Å². The molecule has 3 aliphatic rings. The minimum atomic E-state index is 0.108. The molecule has 3 atom stereocenters. The summed E-state index contributed by atoms with van der Waals surface area (Å²) in [4.78, 5) is 17.0. The van der Waals surface area contributed by atoms with Crippen LogP contribution in [0.15, 0.2) is 0 Å². The van der Waals surface area contributed by atoms with Gasteiger partial charge in [-0.15, -0.1) is 0 Å². The lowest BCUT2D eigenvalue weighted by Gasteiger charge is -2.28. The van der Waals surface area contributed by atoms with Crippen molar-refractivity contribution in [1.82, 2.24) is 15.1 Å². The van der Waals surface area contributed by atoms with Crippen molar-refractivity contribution in [3.63, 3.8) is 0 Å². The fourth-order valence-electron chi connectivity index (χ4n) is 3.62. The Balaban J connectivity index is 1.66. The zero-order chi connectivity index (χ0) is 11.8. The van der Waals surface area contributed by atoms with E-state index in [4.69, 9.17) is 0 Å². The van der Waals surface area contributed by atoms with E-state index in [9.17, 15) is 4.79 Å². The Bertz CT molecular complexity index is 301. The number of carbonyl (C=O) groups is 1. The van der Waals surface area contributed by atoms with Crippen LogP contribution in [0, 0.1) is 0 Å². The van der Waals surface area contributed by atoms with E-state index in [-0.39, 0.29) is 6.04 Å². The largest absolute Gasteiger partial charge is 0.340 e. The number of fused-ring (bicyclic) bond motifs is 2. The third-order valence-electron chi connectivity index (χ3n) is 4.82. The van der Waals surface area contributed by atoms with Crippen molar-refractivity contribution in [2.24, 2.45) is 0 Å². The summed E-state index contributed by atoms with van der Waals surface area (Å²) in [5.41, 5.74) is 0. The lowest BCUT2D eigenvalue weighted by Crippen LogP contribution is -2.47. The third-order valence-corrected chi connectivity index (χ3v) is 4.82. The van der Waals surface area contributed by atoms with Crippen molar-refractivity contribution in [2.45, 2.75) is 50.2 Å². The van der Waals surface area contributed by atoms with E-state index in [1.165, 1.54) is 12.8 Å². The number of hydrogen-bond acceptors (Lipinski definition) is 3. The molecule has 17 heavy (non-hydrogen) atoms. The second-order valence-corrected chi connectivity index (χ2v) is 5.77. The average Bonchev–Trinajstić information content (AvgIpc) is 2.88. The number of nitrogens with one attached hydrogen (secondary N) is 1. The highest BCUT2D eigenvalue weighted by Gasteiger charge is 2.37. The van der Waals surface area contributed by atoms with Crippen LogP contribution in [0.5, 0.6) is 0 Å². The molecule has 0 saturated carbocycles. The predicted molar refractivity (Wildman–Crippen MR) is 66.8 cm³/mol. The number of rotatable bonds is 1. The normalized spacial score (nSPS) is 38.4. The lowest BCUT2D eigenvalue weighted by atomic mass is 10.1. The van der Waals surface area contributed by atoms with Crippen molar-refractivity contribution < 1.29 is 4.79 Å². The number of nitrogens with zero attached hydrogens (tertiary/aromatic N) is 2. The summed E-state index contributed by atoms with van der Waals surface area (Å²) in [6.07, 6.45) is 5.93. The minimum absolute atomic E-state index is 0.108. The topological polar surface area (TPSA) is 35.6 Å².